The first-order chi connectivity index (χ1) is 15.8. The molecule has 2 aromatic carbocycles. The molecule has 8 heteroatoms. The van der Waals surface area contributed by atoms with Crippen LogP contribution in [0.1, 0.15) is 58.9 Å². The van der Waals surface area contributed by atoms with Gasteiger partial charge in [-0.05, 0) is 62.3 Å². The van der Waals surface area contributed by atoms with E-state index in [1.807, 2.05) is 17.9 Å². The average molecular weight is 451 g/mol. The van der Waals surface area contributed by atoms with E-state index in [1.165, 1.54) is 6.07 Å². The van der Waals surface area contributed by atoms with Crippen LogP contribution in [0.15, 0.2) is 36.4 Å². The first-order valence-electron chi connectivity index (χ1n) is 11.6. The first kappa shape index (κ1) is 22.8. The Morgan fingerprint density at radius 3 is 2.42 bits per heavy atom. The number of hydrogen-bond donors (Lipinski definition) is 1. The second-order valence-corrected chi connectivity index (χ2v) is 9.08. The molecule has 0 bridgehead atoms. The molecule has 174 valence electrons. The molecule has 2 aliphatic heterocycles. The van der Waals surface area contributed by atoms with Crippen LogP contribution < -0.4 is 10.2 Å². The van der Waals surface area contributed by atoms with Crippen LogP contribution in [0.2, 0.25) is 0 Å². The Labute approximate surface area is 193 Å². The van der Waals surface area contributed by atoms with Crippen LogP contribution in [-0.2, 0) is 0 Å². The van der Waals surface area contributed by atoms with Gasteiger partial charge in [0, 0.05) is 37.8 Å². The fraction of sp³-hybridized carbons (Fsp3) is 0.440. The highest BCUT2D eigenvalue weighted by Crippen LogP contribution is 2.33. The standard InChI is InChI=1S/C25H30N4O4/c1-17-10-14-27(15-11-17)21-9-8-19(16-22(21)29(32)33)24(30)26-23-18(2)6-5-7-20(23)25(31)28-12-3-4-13-28/h5-9,16-17H,3-4,10-15H2,1-2H3,(H,26,30). The second kappa shape index (κ2) is 9.60. The van der Waals surface area contributed by atoms with Crippen molar-refractivity contribution >= 4 is 28.9 Å². The van der Waals surface area contributed by atoms with Gasteiger partial charge < -0.3 is 15.1 Å². The molecule has 0 spiro atoms. The molecule has 2 amide bonds. The van der Waals surface area contributed by atoms with Gasteiger partial charge in [-0.2, -0.15) is 0 Å². The molecule has 0 radical (unpaired) electrons. The van der Waals surface area contributed by atoms with Gasteiger partial charge in [-0.1, -0.05) is 19.1 Å². The summed E-state index contributed by atoms with van der Waals surface area (Å²) < 4.78 is 0. The van der Waals surface area contributed by atoms with Crippen molar-refractivity contribution in [1.82, 2.24) is 4.90 Å². The molecule has 0 aromatic heterocycles. The molecule has 1 N–H and O–H groups in total. The van der Waals surface area contributed by atoms with E-state index in [1.54, 1.807) is 29.2 Å². The van der Waals surface area contributed by atoms with Crippen molar-refractivity contribution in [3.05, 3.63) is 63.2 Å². The summed E-state index contributed by atoms with van der Waals surface area (Å²) in [6.45, 7) is 6.97. The third-order valence-corrected chi connectivity index (χ3v) is 6.69. The lowest BCUT2D eigenvalue weighted by Crippen LogP contribution is -2.33. The number of carbonyl (C=O) groups is 2. The molecule has 0 saturated carbocycles. The van der Waals surface area contributed by atoms with Crippen molar-refractivity contribution in [1.29, 1.82) is 0 Å². The summed E-state index contributed by atoms with van der Waals surface area (Å²) in [6, 6.07) is 9.97. The summed E-state index contributed by atoms with van der Waals surface area (Å²) in [5.74, 6) is 0.0331. The van der Waals surface area contributed by atoms with Gasteiger partial charge in [-0.15, -0.1) is 0 Å². The van der Waals surface area contributed by atoms with E-state index < -0.39 is 10.8 Å². The van der Waals surface area contributed by atoms with Gasteiger partial charge in [-0.3, -0.25) is 19.7 Å². The summed E-state index contributed by atoms with van der Waals surface area (Å²) in [5.41, 5.74) is 2.33. The maximum atomic E-state index is 13.1. The summed E-state index contributed by atoms with van der Waals surface area (Å²) in [5, 5.41) is 14.7. The highest BCUT2D eigenvalue weighted by atomic mass is 16.6. The SMILES string of the molecule is Cc1cccc(C(=O)N2CCCC2)c1NC(=O)c1ccc(N2CCC(C)CC2)c([N+](=O)[O-])c1. The lowest BCUT2D eigenvalue weighted by Gasteiger charge is -2.31. The monoisotopic (exact) mass is 450 g/mol. The van der Waals surface area contributed by atoms with Crippen molar-refractivity contribution < 1.29 is 14.5 Å². The minimum atomic E-state index is -0.471. The van der Waals surface area contributed by atoms with E-state index in [4.69, 9.17) is 0 Å². The number of anilines is 2. The molecule has 0 aliphatic carbocycles. The lowest BCUT2D eigenvalue weighted by molar-refractivity contribution is -0.384. The van der Waals surface area contributed by atoms with E-state index in [0.717, 1.165) is 44.3 Å². The third-order valence-electron chi connectivity index (χ3n) is 6.69. The highest BCUT2D eigenvalue weighted by Gasteiger charge is 2.26. The van der Waals surface area contributed by atoms with Crippen LogP contribution in [0, 0.1) is 23.0 Å². The summed E-state index contributed by atoms with van der Waals surface area (Å²) in [7, 11) is 0. The Morgan fingerprint density at radius 1 is 1.06 bits per heavy atom. The minimum Gasteiger partial charge on any atom is -0.366 e. The molecule has 4 rings (SSSR count). The van der Waals surface area contributed by atoms with Gasteiger partial charge in [0.2, 0.25) is 0 Å². The molecule has 33 heavy (non-hydrogen) atoms. The number of nitro benzene ring substituents is 1. The fourth-order valence-corrected chi connectivity index (χ4v) is 4.62. The number of carbonyl (C=O) groups excluding carboxylic acids is 2. The third kappa shape index (κ3) is 4.84. The second-order valence-electron chi connectivity index (χ2n) is 9.08. The molecule has 8 nitrogen and oxygen atoms in total. The van der Waals surface area contributed by atoms with Crippen LogP contribution in [0.3, 0.4) is 0 Å². The van der Waals surface area contributed by atoms with Gasteiger partial charge in [-0.25, -0.2) is 0 Å². The topological polar surface area (TPSA) is 95.8 Å². The molecule has 0 unspecified atom stereocenters. The van der Waals surface area contributed by atoms with Crippen LogP contribution in [0.25, 0.3) is 0 Å². The number of nitro groups is 1. The summed E-state index contributed by atoms with van der Waals surface area (Å²) in [4.78, 5) is 41.3. The van der Waals surface area contributed by atoms with Crippen LogP contribution >= 0.6 is 0 Å². The van der Waals surface area contributed by atoms with Crippen molar-refractivity contribution in [3.8, 4) is 0 Å². The van der Waals surface area contributed by atoms with Gasteiger partial charge in [0.05, 0.1) is 16.2 Å². The molecule has 2 saturated heterocycles. The number of piperidine rings is 1. The number of amides is 2. The van der Waals surface area contributed by atoms with E-state index in [2.05, 4.69) is 12.2 Å². The number of benzene rings is 2. The van der Waals surface area contributed by atoms with Gasteiger partial charge >= 0.3 is 0 Å². The summed E-state index contributed by atoms with van der Waals surface area (Å²) >= 11 is 0. The van der Waals surface area contributed by atoms with Gasteiger partial charge in [0.25, 0.3) is 17.5 Å². The van der Waals surface area contributed by atoms with Crippen molar-refractivity contribution in [2.45, 2.75) is 39.5 Å². The zero-order valence-corrected chi connectivity index (χ0v) is 19.2. The maximum absolute atomic E-state index is 13.1. The molecule has 2 heterocycles. The summed E-state index contributed by atoms with van der Waals surface area (Å²) in [6.07, 6.45) is 3.93. The van der Waals surface area contributed by atoms with Crippen LogP contribution in [-0.4, -0.2) is 47.8 Å². The molecule has 2 aliphatic rings. The van der Waals surface area contributed by atoms with E-state index in [0.29, 0.717) is 35.9 Å². The highest BCUT2D eigenvalue weighted by molar-refractivity contribution is 6.10. The van der Waals surface area contributed by atoms with Crippen molar-refractivity contribution in [3.63, 3.8) is 0 Å². The first-order valence-corrected chi connectivity index (χ1v) is 11.6. The number of nitrogens with zero attached hydrogens (tertiary/aromatic N) is 3. The number of nitrogens with one attached hydrogen (secondary N) is 1. The largest absolute Gasteiger partial charge is 0.366 e. The Kier molecular flexibility index (Phi) is 6.62. The maximum Gasteiger partial charge on any atom is 0.293 e. The average Bonchev–Trinajstić information content (AvgIpc) is 3.35. The molecular weight excluding hydrogens is 420 g/mol. The normalized spacial score (nSPS) is 16.7. The van der Waals surface area contributed by atoms with Crippen molar-refractivity contribution in [2.24, 2.45) is 5.92 Å². The predicted molar refractivity (Wildman–Crippen MR) is 128 cm³/mol. The molecule has 2 fully saturated rings. The molecule has 2 aromatic rings. The van der Waals surface area contributed by atoms with Crippen molar-refractivity contribution in [2.75, 3.05) is 36.4 Å². The van der Waals surface area contributed by atoms with E-state index >= 15 is 0 Å². The fourth-order valence-electron chi connectivity index (χ4n) is 4.62. The predicted octanol–water partition coefficient (Wildman–Crippen LogP) is 4.63. The lowest BCUT2D eigenvalue weighted by atomic mass is 9.98. The Balaban J connectivity index is 1.60. The number of aryl methyl sites for hydroxylation is 1. The van der Waals surface area contributed by atoms with Gasteiger partial charge in [0.15, 0.2) is 0 Å². The number of likely N-dealkylation sites (tertiary alicyclic amines) is 1. The van der Waals surface area contributed by atoms with E-state index in [-0.39, 0.29) is 17.2 Å². The number of hydrogen-bond acceptors (Lipinski definition) is 5. The van der Waals surface area contributed by atoms with Gasteiger partial charge in [0.1, 0.15) is 5.69 Å². The van der Waals surface area contributed by atoms with Crippen LogP contribution in [0.5, 0.6) is 0 Å². The Hall–Kier alpha value is -3.42. The van der Waals surface area contributed by atoms with Crippen LogP contribution in [0.4, 0.5) is 17.1 Å². The Bertz CT molecular complexity index is 1070. The van der Waals surface area contributed by atoms with E-state index in [9.17, 15) is 19.7 Å². The molecular formula is C25H30N4O4. The quantitative estimate of drug-likeness (QED) is 0.529. The number of rotatable bonds is 5. The zero-order valence-electron chi connectivity index (χ0n) is 19.2. The minimum absolute atomic E-state index is 0.0737. The zero-order chi connectivity index (χ0) is 23.5. The Morgan fingerprint density at radius 2 is 1.76 bits per heavy atom. The number of para-hydroxylation sites is 1. The molecule has 0 atom stereocenters. The smallest absolute Gasteiger partial charge is 0.293 e.